The van der Waals surface area contributed by atoms with Gasteiger partial charge in [-0.2, -0.15) is 0 Å². The second kappa shape index (κ2) is 9.30. The summed E-state index contributed by atoms with van der Waals surface area (Å²) >= 11 is 0. The van der Waals surface area contributed by atoms with Crippen LogP contribution in [-0.4, -0.2) is 63.9 Å². The first kappa shape index (κ1) is 15.4. The molecule has 1 aliphatic rings. The Morgan fingerprint density at radius 1 is 1.39 bits per heavy atom. The number of carbonyl (C=O) groups is 1. The van der Waals surface area contributed by atoms with E-state index in [-0.39, 0.29) is 12.6 Å². The van der Waals surface area contributed by atoms with Crippen LogP contribution in [0.1, 0.15) is 19.8 Å². The SMILES string of the molecule is CCOC(=O)COCCNCC1CCN(C)CC1. The summed E-state index contributed by atoms with van der Waals surface area (Å²) in [6.07, 6.45) is 2.54. The maximum absolute atomic E-state index is 11.0. The van der Waals surface area contributed by atoms with Crippen LogP contribution in [0.15, 0.2) is 0 Å². The van der Waals surface area contributed by atoms with Gasteiger partial charge in [0.15, 0.2) is 0 Å². The fraction of sp³-hybridized carbons (Fsp3) is 0.923. The van der Waals surface area contributed by atoms with E-state index >= 15 is 0 Å². The monoisotopic (exact) mass is 258 g/mol. The predicted molar refractivity (Wildman–Crippen MR) is 70.5 cm³/mol. The molecule has 5 nitrogen and oxygen atoms in total. The number of hydrogen-bond acceptors (Lipinski definition) is 5. The third-order valence-corrected chi connectivity index (χ3v) is 3.22. The highest BCUT2D eigenvalue weighted by molar-refractivity contribution is 5.70. The summed E-state index contributed by atoms with van der Waals surface area (Å²) in [6.45, 7) is 7.08. The molecule has 0 aromatic carbocycles. The summed E-state index contributed by atoms with van der Waals surface area (Å²) < 4.78 is 9.97. The van der Waals surface area contributed by atoms with E-state index in [1.165, 1.54) is 25.9 Å². The molecule has 0 aliphatic carbocycles. The van der Waals surface area contributed by atoms with Crippen molar-refractivity contribution in [2.45, 2.75) is 19.8 Å². The normalized spacial score (nSPS) is 17.9. The Morgan fingerprint density at radius 3 is 2.78 bits per heavy atom. The lowest BCUT2D eigenvalue weighted by Crippen LogP contribution is -2.35. The van der Waals surface area contributed by atoms with Gasteiger partial charge in [-0.3, -0.25) is 0 Å². The Balaban J connectivity index is 1.88. The summed E-state index contributed by atoms with van der Waals surface area (Å²) in [7, 11) is 2.17. The van der Waals surface area contributed by atoms with Crippen molar-refractivity contribution in [2.75, 3.05) is 53.0 Å². The first-order valence-corrected chi connectivity index (χ1v) is 6.85. The maximum Gasteiger partial charge on any atom is 0.332 e. The Labute approximate surface area is 110 Å². The van der Waals surface area contributed by atoms with Crippen LogP contribution in [0.5, 0.6) is 0 Å². The van der Waals surface area contributed by atoms with E-state index in [4.69, 9.17) is 9.47 Å². The van der Waals surface area contributed by atoms with Crippen molar-refractivity contribution in [3.8, 4) is 0 Å². The number of nitrogens with one attached hydrogen (secondary N) is 1. The summed E-state index contributed by atoms with van der Waals surface area (Å²) in [5.41, 5.74) is 0. The highest BCUT2D eigenvalue weighted by Gasteiger charge is 2.15. The van der Waals surface area contributed by atoms with E-state index in [1.807, 2.05) is 0 Å². The average Bonchev–Trinajstić information content (AvgIpc) is 2.36. The van der Waals surface area contributed by atoms with Gasteiger partial charge in [-0.15, -0.1) is 0 Å². The molecule has 0 saturated carbocycles. The second-order valence-electron chi connectivity index (χ2n) is 4.81. The molecule has 1 rings (SSSR count). The van der Waals surface area contributed by atoms with Crippen LogP contribution >= 0.6 is 0 Å². The summed E-state index contributed by atoms with van der Waals surface area (Å²) in [6, 6.07) is 0. The lowest BCUT2D eigenvalue weighted by Gasteiger charge is -2.29. The summed E-state index contributed by atoms with van der Waals surface area (Å²) in [5, 5.41) is 3.38. The molecule has 0 unspecified atom stereocenters. The Hall–Kier alpha value is -0.650. The molecule has 0 amide bonds. The number of hydrogen-bond donors (Lipinski definition) is 1. The smallest absolute Gasteiger partial charge is 0.332 e. The molecule has 1 saturated heterocycles. The third kappa shape index (κ3) is 6.93. The Morgan fingerprint density at radius 2 is 2.11 bits per heavy atom. The molecular formula is C13H26N2O3. The van der Waals surface area contributed by atoms with Crippen LogP contribution in [0.2, 0.25) is 0 Å². The molecule has 1 N–H and O–H groups in total. The van der Waals surface area contributed by atoms with Crippen molar-refractivity contribution in [1.29, 1.82) is 0 Å². The predicted octanol–water partition coefficient (Wildman–Crippen LogP) is 0.498. The molecule has 18 heavy (non-hydrogen) atoms. The van der Waals surface area contributed by atoms with Crippen LogP contribution in [0.25, 0.3) is 0 Å². The van der Waals surface area contributed by atoms with Crippen LogP contribution in [0.4, 0.5) is 0 Å². The molecule has 0 spiro atoms. The van der Waals surface area contributed by atoms with Crippen molar-refractivity contribution < 1.29 is 14.3 Å². The molecule has 1 fully saturated rings. The first-order valence-electron chi connectivity index (χ1n) is 6.85. The largest absolute Gasteiger partial charge is 0.464 e. The van der Waals surface area contributed by atoms with E-state index in [1.54, 1.807) is 6.92 Å². The van der Waals surface area contributed by atoms with Gasteiger partial charge in [-0.25, -0.2) is 4.79 Å². The fourth-order valence-electron chi connectivity index (χ4n) is 2.07. The number of carbonyl (C=O) groups excluding carboxylic acids is 1. The molecule has 106 valence electrons. The summed E-state index contributed by atoms with van der Waals surface area (Å²) in [4.78, 5) is 13.4. The number of esters is 1. The van der Waals surface area contributed by atoms with Crippen molar-refractivity contribution in [3.63, 3.8) is 0 Å². The third-order valence-electron chi connectivity index (χ3n) is 3.22. The number of ether oxygens (including phenoxy) is 2. The topological polar surface area (TPSA) is 50.8 Å². The lowest BCUT2D eigenvalue weighted by atomic mass is 9.97. The van der Waals surface area contributed by atoms with Gasteiger partial charge in [0.2, 0.25) is 0 Å². The second-order valence-corrected chi connectivity index (χ2v) is 4.81. The maximum atomic E-state index is 11.0. The first-order chi connectivity index (χ1) is 8.72. The van der Waals surface area contributed by atoms with Gasteiger partial charge in [0.25, 0.3) is 0 Å². The molecule has 0 radical (unpaired) electrons. The van der Waals surface area contributed by atoms with Crippen molar-refractivity contribution in [1.82, 2.24) is 10.2 Å². The lowest BCUT2D eigenvalue weighted by molar-refractivity contribution is -0.148. The average molecular weight is 258 g/mol. The fourth-order valence-corrected chi connectivity index (χ4v) is 2.07. The number of piperidine rings is 1. The minimum Gasteiger partial charge on any atom is -0.464 e. The van der Waals surface area contributed by atoms with E-state index in [0.29, 0.717) is 13.2 Å². The number of likely N-dealkylation sites (tertiary alicyclic amines) is 1. The molecule has 0 aromatic heterocycles. The zero-order valence-corrected chi connectivity index (χ0v) is 11.6. The highest BCUT2D eigenvalue weighted by atomic mass is 16.6. The van der Waals surface area contributed by atoms with E-state index in [0.717, 1.165) is 19.0 Å². The number of rotatable bonds is 8. The Bertz CT molecular complexity index is 228. The standard InChI is InChI=1S/C13H26N2O3/c1-3-18-13(16)11-17-9-6-14-10-12-4-7-15(2)8-5-12/h12,14H,3-11H2,1-2H3. The number of nitrogens with zero attached hydrogens (tertiary/aromatic N) is 1. The molecule has 1 aliphatic heterocycles. The summed E-state index contributed by atoms with van der Waals surface area (Å²) in [5.74, 6) is 0.499. The van der Waals surface area contributed by atoms with Gasteiger partial charge in [-0.05, 0) is 52.4 Å². The molecule has 0 aromatic rings. The van der Waals surface area contributed by atoms with Crippen molar-refractivity contribution in [2.24, 2.45) is 5.92 Å². The van der Waals surface area contributed by atoms with Gasteiger partial charge in [0.05, 0.1) is 13.2 Å². The van der Waals surface area contributed by atoms with Gasteiger partial charge in [0.1, 0.15) is 6.61 Å². The molecule has 0 bridgehead atoms. The van der Waals surface area contributed by atoms with E-state index in [9.17, 15) is 4.79 Å². The zero-order valence-electron chi connectivity index (χ0n) is 11.6. The van der Waals surface area contributed by atoms with Gasteiger partial charge in [-0.1, -0.05) is 0 Å². The van der Waals surface area contributed by atoms with Crippen molar-refractivity contribution >= 4 is 5.97 Å². The highest BCUT2D eigenvalue weighted by Crippen LogP contribution is 2.14. The zero-order chi connectivity index (χ0) is 13.2. The van der Waals surface area contributed by atoms with E-state index in [2.05, 4.69) is 17.3 Å². The Kier molecular flexibility index (Phi) is 7.96. The van der Waals surface area contributed by atoms with Crippen LogP contribution < -0.4 is 5.32 Å². The molecule has 0 atom stereocenters. The van der Waals surface area contributed by atoms with Gasteiger partial charge >= 0.3 is 5.97 Å². The molecular weight excluding hydrogens is 232 g/mol. The minimum absolute atomic E-state index is 0.0593. The quantitative estimate of drug-likeness (QED) is 0.507. The molecule has 1 heterocycles. The minimum atomic E-state index is -0.284. The van der Waals surface area contributed by atoms with Crippen molar-refractivity contribution in [3.05, 3.63) is 0 Å². The van der Waals surface area contributed by atoms with Gasteiger partial charge < -0.3 is 19.7 Å². The van der Waals surface area contributed by atoms with E-state index < -0.39 is 0 Å². The van der Waals surface area contributed by atoms with Gasteiger partial charge in [0, 0.05) is 6.54 Å². The van der Waals surface area contributed by atoms with Crippen LogP contribution in [0, 0.1) is 5.92 Å². The molecule has 5 heteroatoms. The van der Waals surface area contributed by atoms with Crippen LogP contribution in [0.3, 0.4) is 0 Å². The van der Waals surface area contributed by atoms with Crippen LogP contribution in [-0.2, 0) is 14.3 Å².